The Morgan fingerprint density at radius 1 is 1.30 bits per heavy atom. The summed E-state index contributed by atoms with van der Waals surface area (Å²) in [6.45, 7) is 0.0477. The van der Waals surface area contributed by atoms with Crippen molar-refractivity contribution in [2.45, 2.75) is 6.10 Å². The van der Waals surface area contributed by atoms with E-state index in [1.807, 2.05) is 0 Å². The van der Waals surface area contributed by atoms with E-state index in [2.05, 4.69) is 0 Å². The van der Waals surface area contributed by atoms with Crippen LogP contribution in [0, 0.1) is 11.3 Å². The number of aliphatic hydroxyl groups is 1. The maximum atomic E-state index is 11.1. The molecule has 108 valence electrons. The second-order valence-electron chi connectivity index (χ2n) is 4.45. The molecule has 0 amide bonds. The number of aliphatic hydroxyl groups excluding tert-OH is 1. The van der Waals surface area contributed by atoms with Gasteiger partial charge in [-0.05, 0) is 0 Å². The van der Waals surface area contributed by atoms with E-state index in [1.165, 1.54) is 19.1 Å². The first-order valence-electron chi connectivity index (χ1n) is 5.98. The number of rotatable bonds is 4. The summed E-state index contributed by atoms with van der Waals surface area (Å²) in [5.41, 5.74) is 0.550. The Balaban J connectivity index is 2.37. The molecule has 1 fully saturated rings. The zero-order valence-corrected chi connectivity index (χ0v) is 11.2. The van der Waals surface area contributed by atoms with Gasteiger partial charge in [0.1, 0.15) is 23.3 Å². The molecular weight excluding hydrogens is 264 g/mol. The van der Waals surface area contributed by atoms with E-state index in [0.717, 1.165) is 0 Å². The zero-order valence-electron chi connectivity index (χ0n) is 11.2. The Labute approximate surface area is 115 Å². The van der Waals surface area contributed by atoms with Crippen LogP contribution in [0.5, 0.6) is 11.5 Å². The molecule has 7 heteroatoms. The van der Waals surface area contributed by atoms with Gasteiger partial charge in [0.25, 0.3) is 0 Å². The molecule has 0 radical (unpaired) electrons. The first-order valence-corrected chi connectivity index (χ1v) is 5.98. The van der Waals surface area contributed by atoms with Crippen molar-refractivity contribution >= 4 is 17.5 Å². The summed E-state index contributed by atoms with van der Waals surface area (Å²) in [4.78, 5) is 12.5. The number of methoxy groups -OCH3 is 2. The smallest absolute Gasteiger partial charge is 0.316 e. The first-order chi connectivity index (χ1) is 9.47. The predicted octanol–water partition coefficient (Wildman–Crippen LogP) is 0.563. The molecule has 1 heterocycles. The zero-order chi connectivity index (χ0) is 14.9. The van der Waals surface area contributed by atoms with Crippen molar-refractivity contribution in [2.24, 2.45) is 5.92 Å². The quantitative estimate of drug-likeness (QED) is 0.744. The van der Waals surface area contributed by atoms with Crippen molar-refractivity contribution in [3.05, 3.63) is 18.2 Å². The Hall–Kier alpha value is -2.28. The van der Waals surface area contributed by atoms with E-state index in [-0.39, 0.29) is 12.4 Å². The number of amidine groups is 1. The molecule has 0 bridgehead atoms. The van der Waals surface area contributed by atoms with Gasteiger partial charge in [0, 0.05) is 23.9 Å². The lowest BCUT2D eigenvalue weighted by Gasteiger charge is -2.20. The summed E-state index contributed by atoms with van der Waals surface area (Å²) in [6.07, 6.45) is -1.11. The number of carbonyl (C=O) groups is 1. The molecule has 2 atom stereocenters. The number of hydrogen-bond acceptors (Lipinski definition) is 5. The first kappa shape index (κ1) is 14.1. The lowest BCUT2D eigenvalue weighted by atomic mass is 10.1. The van der Waals surface area contributed by atoms with Gasteiger partial charge in [-0.1, -0.05) is 0 Å². The molecule has 1 aliphatic rings. The molecule has 0 saturated carbocycles. The summed E-state index contributed by atoms with van der Waals surface area (Å²) in [7, 11) is 3.01. The fraction of sp³-hybridized carbons (Fsp3) is 0.385. The van der Waals surface area contributed by atoms with Crippen LogP contribution < -0.4 is 14.4 Å². The van der Waals surface area contributed by atoms with Crippen molar-refractivity contribution in [3.8, 4) is 11.5 Å². The number of hydrogen-bond donors (Lipinski definition) is 3. The number of nitrogens with one attached hydrogen (secondary N) is 1. The monoisotopic (exact) mass is 280 g/mol. The number of benzene rings is 1. The standard InChI is InChI=1S/C13H16N2O5/c1-19-8-3-7(4-9(5-8)20-2)15-6-10(16)11(12(15)14)13(17)18/h3-5,10-11,14,16H,6H2,1-2H3,(H,17,18). The van der Waals surface area contributed by atoms with Crippen molar-refractivity contribution in [1.82, 2.24) is 0 Å². The van der Waals surface area contributed by atoms with Crippen LogP contribution in [0.3, 0.4) is 0 Å². The fourth-order valence-electron chi connectivity index (χ4n) is 2.22. The Morgan fingerprint density at radius 3 is 2.25 bits per heavy atom. The number of aliphatic carboxylic acids is 1. The highest BCUT2D eigenvalue weighted by atomic mass is 16.5. The number of carboxylic acids is 1. The predicted molar refractivity (Wildman–Crippen MR) is 71.8 cm³/mol. The van der Waals surface area contributed by atoms with Gasteiger partial charge in [-0.15, -0.1) is 0 Å². The highest BCUT2D eigenvalue weighted by molar-refractivity contribution is 6.10. The SMILES string of the molecule is COc1cc(OC)cc(N2CC(O)C(C(=O)O)C2=N)c1. The van der Waals surface area contributed by atoms with E-state index < -0.39 is 18.0 Å². The average Bonchev–Trinajstić information content (AvgIpc) is 2.73. The maximum absolute atomic E-state index is 11.1. The molecule has 1 aliphatic heterocycles. The summed E-state index contributed by atoms with van der Waals surface area (Å²) >= 11 is 0. The molecule has 1 aromatic carbocycles. The Morgan fingerprint density at radius 2 is 1.85 bits per heavy atom. The normalized spacial score (nSPS) is 21.9. The Kier molecular flexibility index (Phi) is 3.80. The van der Waals surface area contributed by atoms with E-state index in [9.17, 15) is 9.90 Å². The van der Waals surface area contributed by atoms with E-state index >= 15 is 0 Å². The molecule has 1 aromatic rings. The van der Waals surface area contributed by atoms with Gasteiger partial charge in [-0.2, -0.15) is 0 Å². The van der Waals surface area contributed by atoms with Gasteiger partial charge < -0.3 is 24.6 Å². The number of ether oxygens (including phenoxy) is 2. The highest BCUT2D eigenvalue weighted by Gasteiger charge is 2.42. The molecular formula is C13H16N2O5. The topological polar surface area (TPSA) is 103 Å². The van der Waals surface area contributed by atoms with Crippen molar-refractivity contribution in [2.75, 3.05) is 25.7 Å². The number of anilines is 1. The molecule has 0 spiro atoms. The van der Waals surface area contributed by atoms with Crippen LogP contribution in [0.1, 0.15) is 0 Å². The maximum Gasteiger partial charge on any atom is 0.316 e. The van der Waals surface area contributed by atoms with E-state index in [0.29, 0.717) is 17.2 Å². The van der Waals surface area contributed by atoms with E-state index in [4.69, 9.17) is 20.0 Å². The Bertz CT molecular complexity index is 523. The van der Waals surface area contributed by atoms with Crippen LogP contribution in [0.25, 0.3) is 0 Å². The van der Waals surface area contributed by atoms with Crippen LogP contribution in [-0.4, -0.2) is 48.9 Å². The minimum absolute atomic E-state index is 0.0477. The second-order valence-corrected chi connectivity index (χ2v) is 4.45. The minimum Gasteiger partial charge on any atom is -0.497 e. The largest absolute Gasteiger partial charge is 0.497 e. The van der Waals surface area contributed by atoms with Crippen LogP contribution in [0.4, 0.5) is 5.69 Å². The summed E-state index contributed by atoms with van der Waals surface area (Å²) < 4.78 is 10.3. The average molecular weight is 280 g/mol. The van der Waals surface area contributed by atoms with Crippen LogP contribution >= 0.6 is 0 Å². The number of carboxylic acid groups (broad SMARTS) is 1. The van der Waals surface area contributed by atoms with Crippen molar-refractivity contribution < 1.29 is 24.5 Å². The third kappa shape index (κ3) is 2.39. The van der Waals surface area contributed by atoms with Gasteiger partial charge in [-0.25, -0.2) is 0 Å². The van der Waals surface area contributed by atoms with Gasteiger partial charge in [-0.3, -0.25) is 10.2 Å². The van der Waals surface area contributed by atoms with Crippen LogP contribution in [0.15, 0.2) is 18.2 Å². The lowest BCUT2D eigenvalue weighted by Crippen LogP contribution is -2.31. The van der Waals surface area contributed by atoms with Gasteiger partial charge >= 0.3 is 5.97 Å². The minimum atomic E-state index is -1.22. The van der Waals surface area contributed by atoms with Crippen LogP contribution in [-0.2, 0) is 4.79 Å². The van der Waals surface area contributed by atoms with Crippen molar-refractivity contribution in [3.63, 3.8) is 0 Å². The number of nitrogens with zero attached hydrogens (tertiary/aromatic N) is 1. The highest BCUT2D eigenvalue weighted by Crippen LogP contribution is 2.32. The molecule has 0 aromatic heterocycles. The van der Waals surface area contributed by atoms with Gasteiger partial charge in [0.15, 0.2) is 0 Å². The summed E-state index contributed by atoms with van der Waals surface area (Å²) in [5, 5.41) is 26.8. The third-order valence-corrected chi connectivity index (χ3v) is 3.25. The van der Waals surface area contributed by atoms with Gasteiger partial charge in [0.2, 0.25) is 0 Å². The summed E-state index contributed by atoms with van der Waals surface area (Å²) in [6, 6.07) is 5.00. The lowest BCUT2D eigenvalue weighted by molar-refractivity contribution is -0.141. The number of β-amino-alcohol motifs (C(OH)–C–C–N with tert-alkyl or cyclic N) is 1. The second kappa shape index (κ2) is 5.38. The fourth-order valence-corrected chi connectivity index (χ4v) is 2.22. The molecule has 3 N–H and O–H groups in total. The van der Waals surface area contributed by atoms with Crippen LogP contribution in [0.2, 0.25) is 0 Å². The van der Waals surface area contributed by atoms with Crippen molar-refractivity contribution in [1.29, 1.82) is 5.41 Å². The van der Waals surface area contributed by atoms with Gasteiger partial charge in [0.05, 0.1) is 26.9 Å². The van der Waals surface area contributed by atoms with E-state index in [1.54, 1.807) is 18.2 Å². The molecule has 0 aliphatic carbocycles. The molecule has 7 nitrogen and oxygen atoms in total. The molecule has 1 saturated heterocycles. The molecule has 2 rings (SSSR count). The summed E-state index contributed by atoms with van der Waals surface area (Å²) in [5.74, 6) is -1.52. The third-order valence-electron chi connectivity index (χ3n) is 3.25. The molecule has 20 heavy (non-hydrogen) atoms. The molecule has 2 unspecified atom stereocenters.